The van der Waals surface area contributed by atoms with Crippen LogP contribution in [0.25, 0.3) is 0 Å². The number of hydrazine groups is 1. The highest BCUT2D eigenvalue weighted by Gasteiger charge is 2.12. The molecule has 0 fully saturated rings. The molecule has 5 N–H and O–H groups in total. The van der Waals surface area contributed by atoms with E-state index in [1.165, 1.54) is 0 Å². The van der Waals surface area contributed by atoms with E-state index >= 15 is 0 Å². The Morgan fingerprint density at radius 2 is 1.95 bits per heavy atom. The topological polar surface area (TPSA) is 93.1 Å². The first kappa shape index (κ1) is 14.1. The molecule has 2 aromatic rings. The average Bonchev–Trinajstić information content (AvgIpc) is 2.48. The van der Waals surface area contributed by atoms with Crippen LogP contribution >= 0.6 is 0 Å². The fourth-order valence-corrected chi connectivity index (χ4v) is 1.96. The fourth-order valence-electron chi connectivity index (χ4n) is 1.96. The Kier molecular flexibility index (Phi) is 4.73. The van der Waals surface area contributed by atoms with Crippen LogP contribution in [0.3, 0.4) is 0 Å². The van der Waals surface area contributed by atoms with Crippen molar-refractivity contribution in [2.45, 2.75) is 19.8 Å². The highest BCUT2D eigenvalue weighted by molar-refractivity contribution is 5.63. The number of nitrogens with zero attached hydrogens (tertiary/aromatic N) is 3. The van der Waals surface area contributed by atoms with Gasteiger partial charge in [0, 0.05) is 18.3 Å². The van der Waals surface area contributed by atoms with E-state index in [9.17, 15) is 0 Å². The van der Waals surface area contributed by atoms with Crippen LogP contribution in [-0.4, -0.2) is 16.5 Å². The molecule has 0 spiro atoms. The highest BCUT2D eigenvalue weighted by atomic mass is 15.3. The zero-order chi connectivity index (χ0) is 14.4. The maximum atomic E-state index is 5.74. The second kappa shape index (κ2) is 6.72. The summed E-state index contributed by atoms with van der Waals surface area (Å²) >= 11 is 0. The molecule has 0 saturated heterocycles. The maximum absolute atomic E-state index is 5.74. The number of aromatic nitrogens is 2. The molecule has 0 atom stereocenters. The molecule has 1 aromatic heterocycles. The molecule has 2 rings (SSSR count). The highest BCUT2D eigenvalue weighted by Crippen LogP contribution is 2.25. The summed E-state index contributed by atoms with van der Waals surface area (Å²) in [6.07, 6.45) is 2.16. The lowest BCUT2D eigenvalue weighted by Gasteiger charge is -2.24. The minimum atomic E-state index is 0.202. The van der Waals surface area contributed by atoms with E-state index in [0.29, 0.717) is 5.82 Å². The molecule has 0 amide bonds. The summed E-state index contributed by atoms with van der Waals surface area (Å²) < 4.78 is 0. The Bertz CT molecular complexity index is 543. The van der Waals surface area contributed by atoms with Gasteiger partial charge in [-0.3, -0.25) is 0 Å². The van der Waals surface area contributed by atoms with Crippen molar-refractivity contribution < 1.29 is 0 Å². The fraction of sp³-hybridized carbons (Fsp3) is 0.286. The summed E-state index contributed by atoms with van der Waals surface area (Å²) in [5, 5.41) is 0. The molecule has 0 aliphatic carbocycles. The smallest absolute Gasteiger partial charge is 0.224 e. The number of benzene rings is 1. The van der Waals surface area contributed by atoms with Crippen molar-refractivity contribution >= 4 is 23.3 Å². The van der Waals surface area contributed by atoms with Gasteiger partial charge in [0.2, 0.25) is 5.95 Å². The van der Waals surface area contributed by atoms with Gasteiger partial charge in [0.1, 0.15) is 11.6 Å². The number of rotatable bonds is 6. The molecule has 6 nitrogen and oxygen atoms in total. The number of nitrogens with one attached hydrogen (secondary N) is 1. The number of hydrogen-bond donors (Lipinski definition) is 3. The molecule has 6 heteroatoms. The van der Waals surface area contributed by atoms with Crippen LogP contribution in [0.15, 0.2) is 36.4 Å². The molecule has 0 aliphatic rings. The predicted molar refractivity (Wildman–Crippen MR) is 82.6 cm³/mol. The zero-order valence-electron chi connectivity index (χ0n) is 11.6. The van der Waals surface area contributed by atoms with Crippen molar-refractivity contribution in [3.8, 4) is 0 Å². The lowest BCUT2D eigenvalue weighted by atomic mass is 10.2. The van der Waals surface area contributed by atoms with Crippen molar-refractivity contribution in [3.63, 3.8) is 0 Å². The van der Waals surface area contributed by atoms with Crippen molar-refractivity contribution in [1.29, 1.82) is 0 Å². The summed E-state index contributed by atoms with van der Waals surface area (Å²) in [5.41, 5.74) is 9.32. The number of nitrogen functional groups attached to an aromatic ring is 2. The molecular formula is C14H20N6. The number of para-hydroxylation sites is 1. The summed E-state index contributed by atoms with van der Waals surface area (Å²) in [6.45, 7) is 3.02. The van der Waals surface area contributed by atoms with Gasteiger partial charge in [0.05, 0.1) is 0 Å². The zero-order valence-corrected chi connectivity index (χ0v) is 11.6. The van der Waals surface area contributed by atoms with Gasteiger partial charge in [-0.25, -0.2) is 5.84 Å². The number of nitrogens with two attached hydrogens (primary N) is 2. The molecule has 0 unspecified atom stereocenters. The first-order valence-electron chi connectivity index (χ1n) is 6.68. The SMILES string of the molecule is CCCCN(c1ccccc1)c1cc(NN)nc(N)n1. The van der Waals surface area contributed by atoms with Crippen LogP contribution in [0.5, 0.6) is 0 Å². The van der Waals surface area contributed by atoms with Gasteiger partial charge >= 0.3 is 0 Å². The van der Waals surface area contributed by atoms with E-state index in [0.717, 1.165) is 30.9 Å². The van der Waals surface area contributed by atoms with Gasteiger partial charge in [-0.05, 0) is 18.6 Å². The second-order valence-corrected chi connectivity index (χ2v) is 4.45. The third-order valence-electron chi connectivity index (χ3n) is 2.96. The largest absolute Gasteiger partial charge is 0.368 e. The van der Waals surface area contributed by atoms with Crippen LogP contribution in [0.4, 0.5) is 23.3 Å². The first-order valence-corrected chi connectivity index (χ1v) is 6.68. The number of unbranched alkanes of at least 4 members (excludes halogenated alkanes) is 1. The Hall–Kier alpha value is -2.34. The van der Waals surface area contributed by atoms with Crippen molar-refractivity contribution in [1.82, 2.24) is 9.97 Å². The van der Waals surface area contributed by atoms with Crippen molar-refractivity contribution in [2.75, 3.05) is 22.6 Å². The average molecular weight is 272 g/mol. The molecule has 1 aromatic carbocycles. The van der Waals surface area contributed by atoms with Gasteiger partial charge in [-0.1, -0.05) is 31.5 Å². The maximum Gasteiger partial charge on any atom is 0.224 e. The van der Waals surface area contributed by atoms with Crippen LogP contribution in [0, 0.1) is 0 Å². The molecule has 0 aliphatic heterocycles. The van der Waals surface area contributed by atoms with Gasteiger partial charge in [0.25, 0.3) is 0 Å². The standard InChI is InChI=1S/C14H20N6/c1-2-3-9-20(11-7-5-4-6-8-11)13-10-12(19-16)17-14(15)18-13/h4-8,10H,2-3,9,16H2,1H3,(H3,15,17,18,19). The predicted octanol–water partition coefficient (Wildman–Crippen LogP) is 2.28. The van der Waals surface area contributed by atoms with E-state index in [2.05, 4.69) is 27.2 Å². The van der Waals surface area contributed by atoms with E-state index in [-0.39, 0.29) is 5.95 Å². The minimum Gasteiger partial charge on any atom is -0.368 e. The minimum absolute atomic E-state index is 0.202. The quantitative estimate of drug-likeness (QED) is 0.552. The van der Waals surface area contributed by atoms with Crippen LogP contribution in [-0.2, 0) is 0 Å². The molecule has 0 saturated carbocycles. The Labute approximate surface area is 118 Å². The molecule has 20 heavy (non-hydrogen) atoms. The molecule has 0 bridgehead atoms. The van der Waals surface area contributed by atoms with Gasteiger partial charge in [0.15, 0.2) is 0 Å². The van der Waals surface area contributed by atoms with E-state index in [1.54, 1.807) is 6.07 Å². The molecule has 106 valence electrons. The van der Waals surface area contributed by atoms with Crippen molar-refractivity contribution in [2.24, 2.45) is 5.84 Å². The Balaban J connectivity index is 2.38. The van der Waals surface area contributed by atoms with Gasteiger partial charge in [-0.2, -0.15) is 9.97 Å². The Morgan fingerprint density at radius 1 is 1.20 bits per heavy atom. The summed E-state index contributed by atoms with van der Waals surface area (Å²) in [5.74, 6) is 6.86. The first-order chi connectivity index (χ1) is 9.74. The van der Waals surface area contributed by atoms with Crippen LogP contribution in [0.1, 0.15) is 19.8 Å². The summed E-state index contributed by atoms with van der Waals surface area (Å²) in [7, 11) is 0. The number of anilines is 4. The summed E-state index contributed by atoms with van der Waals surface area (Å²) in [6, 6.07) is 11.9. The van der Waals surface area contributed by atoms with E-state index in [1.807, 2.05) is 30.3 Å². The van der Waals surface area contributed by atoms with Crippen LogP contribution in [0.2, 0.25) is 0 Å². The lowest BCUT2D eigenvalue weighted by molar-refractivity contribution is 0.779. The van der Waals surface area contributed by atoms with Crippen LogP contribution < -0.4 is 21.9 Å². The second-order valence-electron chi connectivity index (χ2n) is 4.45. The molecular weight excluding hydrogens is 252 g/mol. The lowest BCUT2D eigenvalue weighted by Crippen LogP contribution is -2.21. The molecule has 1 heterocycles. The molecule has 0 radical (unpaired) electrons. The third-order valence-corrected chi connectivity index (χ3v) is 2.96. The van der Waals surface area contributed by atoms with E-state index in [4.69, 9.17) is 11.6 Å². The van der Waals surface area contributed by atoms with Gasteiger partial charge in [-0.15, -0.1) is 0 Å². The normalized spacial score (nSPS) is 10.3. The monoisotopic (exact) mass is 272 g/mol. The van der Waals surface area contributed by atoms with Crippen molar-refractivity contribution in [3.05, 3.63) is 36.4 Å². The summed E-state index contributed by atoms with van der Waals surface area (Å²) in [4.78, 5) is 10.4. The number of hydrogen-bond acceptors (Lipinski definition) is 6. The van der Waals surface area contributed by atoms with Gasteiger partial charge < -0.3 is 16.1 Å². The third kappa shape index (κ3) is 3.36. The Morgan fingerprint density at radius 3 is 2.60 bits per heavy atom. The van der Waals surface area contributed by atoms with E-state index < -0.39 is 0 Å².